The Kier molecular flexibility index (Phi) is 12.1. The number of piperidine rings is 1. The topological polar surface area (TPSA) is 231 Å². The van der Waals surface area contributed by atoms with E-state index in [1.165, 1.54) is 4.90 Å². The number of amides is 7. The fourth-order valence-corrected chi connectivity index (χ4v) is 6.83. The van der Waals surface area contributed by atoms with Gasteiger partial charge in [-0.15, -0.1) is 0 Å². The number of aromatic nitrogens is 4. The molecule has 5 aromatic rings. The Labute approximate surface area is 344 Å². The minimum atomic E-state index is -0.744. The number of H-pyrrole nitrogens is 1. The van der Waals surface area contributed by atoms with Crippen LogP contribution in [0.3, 0.4) is 0 Å². The number of carbonyl (C=O) groups excluding carboxylic acids is 6. The Balaban J connectivity index is 0.784. The van der Waals surface area contributed by atoms with Crippen molar-refractivity contribution in [2.75, 3.05) is 36.9 Å². The highest BCUT2D eigenvalue weighted by Crippen LogP contribution is 2.33. The van der Waals surface area contributed by atoms with Gasteiger partial charge in [0.1, 0.15) is 23.9 Å². The summed E-state index contributed by atoms with van der Waals surface area (Å²) in [5.41, 5.74) is 4.72. The van der Waals surface area contributed by atoms with Crippen LogP contribution in [0, 0.1) is 0 Å². The maximum absolute atomic E-state index is 13.0. The number of imidazole rings is 1. The third-order valence-corrected chi connectivity index (χ3v) is 10.1. The Bertz CT molecular complexity index is 2430. The molecule has 0 saturated carbocycles. The van der Waals surface area contributed by atoms with Gasteiger partial charge in [0.2, 0.25) is 11.8 Å². The Morgan fingerprint density at radius 1 is 0.883 bits per heavy atom. The zero-order valence-corrected chi connectivity index (χ0v) is 33.4. The maximum atomic E-state index is 13.0. The number of aromatic amines is 1. The quantitative estimate of drug-likeness (QED) is 0.0659. The van der Waals surface area contributed by atoms with Crippen molar-refractivity contribution in [3.63, 3.8) is 0 Å². The molecule has 0 spiro atoms. The molecule has 3 aromatic carbocycles. The number of fused-ring (bicyclic) bond motifs is 2. The van der Waals surface area contributed by atoms with Crippen molar-refractivity contribution >= 4 is 58.1 Å². The van der Waals surface area contributed by atoms with Crippen LogP contribution in [0.2, 0.25) is 0 Å². The van der Waals surface area contributed by atoms with Crippen molar-refractivity contribution in [2.24, 2.45) is 0 Å². The first-order valence-electron chi connectivity index (χ1n) is 19.6. The van der Waals surface area contributed by atoms with Crippen LogP contribution in [-0.2, 0) is 31.1 Å². The molecule has 1 fully saturated rings. The van der Waals surface area contributed by atoms with Gasteiger partial charge in [-0.05, 0) is 67.8 Å². The molecule has 7 amide bonds. The van der Waals surface area contributed by atoms with E-state index < -0.39 is 18.0 Å². The zero-order chi connectivity index (χ0) is 42.4. The third kappa shape index (κ3) is 9.71. The average molecular weight is 819 g/mol. The van der Waals surface area contributed by atoms with Gasteiger partial charge in [0, 0.05) is 65.3 Å². The largest absolute Gasteiger partial charge is 0.484 e. The van der Waals surface area contributed by atoms with Gasteiger partial charge < -0.3 is 30.3 Å². The molecule has 4 heterocycles. The van der Waals surface area contributed by atoms with Crippen molar-refractivity contribution in [3.8, 4) is 17.2 Å². The molecule has 2 aliphatic rings. The lowest BCUT2D eigenvalue weighted by Gasteiger charge is -2.29. The number of hydrogen-bond acceptors (Lipinski definition) is 10. The molecule has 6 N–H and O–H groups in total. The Morgan fingerprint density at radius 3 is 2.32 bits per heavy atom. The van der Waals surface area contributed by atoms with E-state index >= 15 is 0 Å². The predicted molar refractivity (Wildman–Crippen MR) is 220 cm³/mol. The molecule has 7 rings (SSSR count). The van der Waals surface area contributed by atoms with Crippen LogP contribution in [0.5, 0.6) is 11.5 Å². The van der Waals surface area contributed by atoms with Gasteiger partial charge in [-0.1, -0.05) is 26.8 Å². The number of imide groups is 1. The number of hydrogen-bond donors (Lipinski definition) is 6. The Hall–Kier alpha value is -7.24. The second-order valence-corrected chi connectivity index (χ2v) is 15.5. The van der Waals surface area contributed by atoms with E-state index in [4.69, 9.17) is 9.47 Å². The standard InChI is InChI=1S/C42H46N10O8/c1-42(2,3)34-20-35(50-49-34)47-41(58)46-25-9-11-26(12-10-25)52-24-45-30-19-27(13-14-31(30)52)59-22-37(54)43-17-4-5-18-44-38(55)23-60-33-8-6-7-28-29(33)21-51(40(28)57)32-15-16-36(53)48-39(32)56/h6-14,19-20,24,32H,4-5,15-18,21-23H2,1-3H3,(H,43,54)(H,44,55)(H,48,53,56)(H3,46,47,49,50,58). The fraction of sp³-hybridized carbons (Fsp3) is 0.333. The van der Waals surface area contributed by atoms with Crippen molar-refractivity contribution in [3.05, 3.63) is 89.9 Å². The minimum Gasteiger partial charge on any atom is -0.484 e. The molecule has 2 aliphatic heterocycles. The van der Waals surface area contributed by atoms with E-state index in [9.17, 15) is 28.8 Å². The first-order chi connectivity index (χ1) is 28.8. The average Bonchev–Trinajstić information content (AvgIpc) is 3.95. The number of nitrogens with zero attached hydrogens (tertiary/aromatic N) is 4. The van der Waals surface area contributed by atoms with E-state index in [2.05, 4.69) is 62.5 Å². The maximum Gasteiger partial charge on any atom is 0.324 e. The number of unbranched alkanes of at least 4 members (excludes halogenated alkanes) is 1. The summed E-state index contributed by atoms with van der Waals surface area (Å²) >= 11 is 0. The first-order valence-corrected chi connectivity index (χ1v) is 19.6. The van der Waals surface area contributed by atoms with E-state index in [-0.39, 0.29) is 61.6 Å². The van der Waals surface area contributed by atoms with E-state index in [1.54, 1.807) is 54.9 Å². The van der Waals surface area contributed by atoms with Crippen molar-refractivity contribution < 1.29 is 38.2 Å². The SMILES string of the molecule is CC(C)(C)c1cc(NC(=O)Nc2ccc(-n3cnc4cc(OCC(=O)NCCCCNC(=O)COc5cccc6c5CN(C5CCC(=O)NC5=O)C6=O)ccc43)cc2)n[nH]1. The molecule has 0 bridgehead atoms. The summed E-state index contributed by atoms with van der Waals surface area (Å²) in [6, 6.07) is 18.3. The molecular weight excluding hydrogens is 773 g/mol. The lowest BCUT2D eigenvalue weighted by molar-refractivity contribution is -0.137. The molecule has 18 nitrogen and oxygen atoms in total. The van der Waals surface area contributed by atoms with Gasteiger partial charge >= 0.3 is 6.03 Å². The number of benzene rings is 3. The first kappa shape index (κ1) is 40.9. The highest BCUT2D eigenvalue weighted by atomic mass is 16.5. The van der Waals surface area contributed by atoms with E-state index in [0.29, 0.717) is 65.6 Å². The van der Waals surface area contributed by atoms with Gasteiger partial charge in [0.15, 0.2) is 19.0 Å². The second-order valence-electron chi connectivity index (χ2n) is 15.5. The molecule has 1 atom stereocenters. The summed E-state index contributed by atoms with van der Waals surface area (Å²) < 4.78 is 13.4. The second kappa shape index (κ2) is 17.7. The normalized spacial score (nSPS) is 15.0. The highest BCUT2D eigenvalue weighted by Gasteiger charge is 2.40. The van der Waals surface area contributed by atoms with Gasteiger partial charge in [-0.25, -0.2) is 9.78 Å². The number of anilines is 2. The third-order valence-electron chi connectivity index (χ3n) is 10.1. The van der Waals surface area contributed by atoms with Crippen LogP contribution in [0.25, 0.3) is 16.7 Å². The molecule has 1 saturated heterocycles. The summed E-state index contributed by atoms with van der Waals surface area (Å²) in [5, 5.41) is 20.5. The molecule has 0 aliphatic carbocycles. The summed E-state index contributed by atoms with van der Waals surface area (Å²) in [4.78, 5) is 80.3. The molecule has 2 aromatic heterocycles. The smallest absolute Gasteiger partial charge is 0.324 e. The number of ether oxygens (including phenoxy) is 2. The summed E-state index contributed by atoms with van der Waals surface area (Å²) in [6.45, 7) is 6.63. The minimum absolute atomic E-state index is 0.122. The Morgan fingerprint density at radius 2 is 1.62 bits per heavy atom. The van der Waals surface area contributed by atoms with Gasteiger partial charge in [-0.2, -0.15) is 5.10 Å². The lowest BCUT2D eigenvalue weighted by Crippen LogP contribution is -2.52. The number of carbonyl (C=O) groups is 6. The lowest BCUT2D eigenvalue weighted by atomic mass is 9.92. The summed E-state index contributed by atoms with van der Waals surface area (Å²) in [7, 11) is 0. The van der Waals surface area contributed by atoms with E-state index in [1.807, 2.05) is 22.8 Å². The van der Waals surface area contributed by atoms with Crippen molar-refractivity contribution in [2.45, 2.75) is 64.5 Å². The molecule has 312 valence electrons. The predicted octanol–water partition coefficient (Wildman–Crippen LogP) is 3.92. The van der Waals surface area contributed by atoms with Crippen LogP contribution >= 0.6 is 0 Å². The highest BCUT2D eigenvalue weighted by molar-refractivity contribution is 6.05. The molecule has 1 unspecified atom stereocenters. The van der Waals surface area contributed by atoms with Gasteiger partial charge in [0.05, 0.1) is 17.6 Å². The van der Waals surface area contributed by atoms with Crippen molar-refractivity contribution in [1.29, 1.82) is 0 Å². The molecule has 60 heavy (non-hydrogen) atoms. The number of urea groups is 1. The van der Waals surface area contributed by atoms with Crippen LogP contribution in [-0.4, -0.2) is 92.6 Å². The number of rotatable bonds is 15. The molecule has 0 radical (unpaired) electrons. The number of nitrogens with one attached hydrogen (secondary N) is 6. The van der Waals surface area contributed by atoms with Gasteiger partial charge in [-0.3, -0.25) is 44.3 Å². The van der Waals surface area contributed by atoms with Gasteiger partial charge in [0.25, 0.3) is 17.7 Å². The molecular formula is C42H46N10O8. The van der Waals surface area contributed by atoms with Crippen LogP contribution < -0.4 is 36.1 Å². The van der Waals surface area contributed by atoms with E-state index in [0.717, 1.165) is 16.9 Å². The van der Waals surface area contributed by atoms with Crippen molar-refractivity contribution in [1.82, 2.24) is 40.6 Å². The monoisotopic (exact) mass is 818 g/mol. The summed E-state index contributed by atoms with van der Waals surface area (Å²) in [6.07, 6.45) is 3.33. The fourth-order valence-electron chi connectivity index (χ4n) is 6.83. The molecule has 18 heteroatoms. The van der Waals surface area contributed by atoms with Crippen LogP contribution in [0.4, 0.5) is 16.3 Å². The zero-order valence-electron chi connectivity index (χ0n) is 33.4. The van der Waals surface area contributed by atoms with Crippen LogP contribution in [0.1, 0.15) is 68.1 Å². The van der Waals surface area contributed by atoms with Crippen LogP contribution in [0.15, 0.2) is 73.1 Å². The summed E-state index contributed by atoms with van der Waals surface area (Å²) in [5.74, 6) is -0.501.